The van der Waals surface area contributed by atoms with Crippen molar-refractivity contribution in [3.05, 3.63) is 41.6 Å². The van der Waals surface area contributed by atoms with Gasteiger partial charge in [-0.3, -0.25) is 0 Å². The second-order valence-corrected chi connectivity index (χ2v) is 5.55. The fourth-order valence-electron chi connectivity index (χ4n) is 2.86. The fraction of sp³-hybridized carbons (Fsp3) is 0.500. The maximum absolute atomic E-state index is 9.53. The maximum Gasteiger partial charge on any atom is 0.0685 e. The van der Waals surface area contributed by atoms with Gasteiger partial charge in [-0.1, -0.05) is 45.9 Å². The lowest BCUT2D eigenvalue weighted by molar-refractivity contribution is 0.279. The Labute approximate surface area is 110 Å². The second kappa shape index (κ2) is 4.77. The molecule has 0 aliphatic carbocycles. The Hall–Kier alpha value is -1.28. The molecule has 0 radical (unpaired) electrons. The Morgan fingerprint density at radius 3 is 2.67 bits per heavy atom. The van der Waals surface area contributed by atoms with Crippen LogP contribution in [0.3, 0.4) is 0 Å². The highest BCUT2D eigenvalue weighted by molar-refractivity contribution is 5.71. The van der Waals surface area contributed by atoms with E-state index in [9.17, 15) is 5.11 Å². The van der Waals surface area contributed by atoms with Crippen molar-refractivity contribution < 1.29 is 5.11 Å². The second-order valence-electron chi connectivity index (χ2n) is 5.55. The first-order valence-corrected chi connectivity index (χ1v) is 6.74. The zero-order valence-corrected chi connectivity index (χ0v) is 11.7. The van der Waals surface area contributed by atoms with Gasteiger partial charge < -0.3 is 10.0 Å². The summed E-state index contributed by atoms with van der Waals surface area (Å²) in [7, 11) is 0. The fourth-order valence-corrected chi connectivity index (χ4v) is 2.86. The van der Waals surface area contributed by atoms with E-state index in [1.807, 2.05) is 12.1 Å². The van der Waals surface area contributed by atoms with Crippen molar-refractivity contribution in [2.75, 3.05) is 11.4 Å². The molecule has 0 saturated carbocycles. The molecule has 2 nitrogen and oxygen atoms in total. The summed E-state index contributed by atoms with van der Waals surface area (Å²) in [6.07, 6.45) is 2.34. The van der Waals surface area contributed by atoms with Gasteiger partial charge in [0.2, 0.25) is 0 Å². The standard InChI is InChI=1S/C16H23NO/c1-5-6-10-17-12(2)16(3,4)15-13(11-18)8-7-9-14(15)17/h7-9,18H,2,5-6,10-11H2,1,3-4H3. The molecule has 0 fully saturated rings. The Kier molecular flexibility index (Phi) is 3.49. The molecule has 0 saturated heterocycles. The molecule has 1 aliphatic heterocycles. The minimum atomic E-state index is -0.0810. The lowest BCUT2D eigenvalue weighted by Gasteiger charge is -2.26. The highest BCUT2D eigenvalue weighted by Gasteiger charge is 2.39. The summed E-state index contributed by atoms with van der Waals surface area (Å²) in [5, 5.41) is 9.53. The highest BCUT2D eigenvalue weighted by atomic mass is 16.3. The molecule has 0 amide bonds. The Balaban J connectivity index is 2.50. The van der Waals surface area contributed by atoms with Crippen molar-refractivity contribution >= 4 is 5.69 Å². The lowest BCUT2D eigenvalue weighted by Crippen LogP contribution is -2.26. The van der Waals surface area contributed by atoms with E-state index in [-0.39, 0.29) is 12.0 Å². The van der Waals surface area contributed by atoms with E-state index >= 15 is 0 Å². The van der Waals surface area contributed by atoms with Crippen LogP contribution >= 0.6 is 0 Å². The van der Waals surface area contributed by atoms with Crippen molar-refractivity contribution in [2.24, 2.45) is 0 Å². The summed E-state index contributed by atoms with van der Waals surface area (Å²) in [6, 6.07) is 6.18. The van der Waals surface area contributed by atoms with Crippen LogP contribution in [0.1, 0.15) is 44.7 Å². The number of hydrogen-bond acceptors (Lipinski definition) is 2. The zero-order valence-electron chi connectivity index (χ0n) is 11.7. The number of aliphatic hydroxyl groups is 1. The van der Waals surface area contributed by atoms with Crippen LogP contribution in [0.4, 0.5) is 5.69 Å². The van der Waals surface area contributed by atoms with Crippen molar-refractivity contribution in [1.82, 2.24) is 0 Å². The van der Waals surface area contributed by atoms with Crippen molar-refractivity contribution in [1.29, 1.82) is 0 Å². The third-order valence-corrected chi connectivity index (χ3v) is 4.00. The smallest absolute Gasteiger partial charge is 0.0685 e. The van der Waals surface area contributed by atoms with Crippen LogP contribution in [0.25, 0.3) is 0 Å². The van der Waals surface area contributed by atoms with Crippen molar-refractivity contribution in [3.63, 3.8) is 0 Å². The third kappa shape index (κ3) is 1.85. The average molecular weight is 245 g/mol. The molecule has 1 N–H and O–H groups in total. The Bertz CT molecular complexity index is 462. The quantitative estimate of drug-likeness (QED) is 0.876. The predicted octanol–water partition coefficient (Wildman–Crippen LogP) is 3.59. The van der Waals surface area contributed by atoms with Crippen LogP contribution in [0.2, 0.25) is 0 Å². The van der Waals surface area contributed by atoms with E-state index < -0.39 is 0 Å². The molecule has 1 aromatic carbocycles. The van der Waals surface area contributed by atoms with E-state index in [1.54, 1.807) is 0 Å². The van der Waals surface area contributed by atoms with Gasteiger partial charge in [0.15, 0.2) is 0 Å². The van der Waals surface area contributed by atoms with Gasteiger partial charge in [-0.25, -0.2) is 0 Å². The summed E-state index contributed by atoms with van der Waals surface area (Å²) in [5.74, 6) is 0. The number of allylic oxidation sites excluding steroid dienone is 1. The lowest BCUT2D eigenvalue weighted by atomic mass is 9.82. The van der Waals surface area contributed by atoms with Gasteiger partial charge in [0.25, 0.3) is 0 Å². The molecule has 98 valence electrons. The number of fused-ring (bicyclic) bond motifs is 1. The maximum atomic E-state index is 9.53. The molecule has 1 aliphatic rings. The summed E-state index contributed by atoms with van der Waals surface area (Å²) >= 11 is 0. The largest absolute Gasteiger partial charge is 0.392 e. The van der Waals surface area contributed by atoms with Crippen LogP contribution in [-0.2, 0) is 12.0 Å². The molecule has 0 unspecified atom stereocenters. The number of anilines is 1. The first-order valence-electron chi connectivity index (χ1n) is 6.74. The van der Waals surface area contributed by atoms with Gasteiger partial charge in [0.1, 0.15) is 0 Å². The molecular formula is C16H23NO. The summed E-state index contributed by atoms with van der Waals surface area (Å²) < 4.78 is 0. The summed E-state index contributed by atoms with van der Waals surface area (Å²) in [6.45, 7) is 12.0. The molecule has 1 heterocycles. The van der Waals surface area contributed by atoms with Crippen LogP contribution in [0.5, 0.6) is 0 Å². The van der Waals surface area contributed by atoms with Gasteiger partial charge >= 0.3 is 0 Å². The van der Waals surface area contributed by atoms with Crippen LogP contribution in [0.15, 0.2) is 30.5 Å². The van der Waals surface area contributed by atoms with Crippen LogP contribution in [-0.4, -0.2) is 11.7 Å². The summed E-state index contributed by atoms with van der Waals surface area (Å²) in [4.78, 5) is 2.32. The van der Waals surface area contributed by atoms with E-state index in [4.69, 9.17) is 0 Å². The first-order chi connectivity index (χ1) is 8.54. The number of rotatable bonds is 4. The molecule has 2 rings (SSSR count). The molecular weight excluding hydrogens is 222 g/mol. The van der Waals surface area contributed by atoms with Gasteiger partial charge in [0, 0.05) is 23.3 Å². The Morgan fingerprint density at radius 2 is 2.06 bits per heavy atom. The number of nitrogens with zero attached hydrogens (tertiary/aromatic N) is 1. The molecule has 0 atom stereocenters. The minimum Gasteiger partial charge on any atom is -0.392 e. The number of unbranched alkanes of at least 4 members (excludes halogenated alkanes) is 1. The molecule has 0 bridgehead atoms. The first kappa shape index (κ1) is 13.2. The monoisotopic (exact) mass is 245 g/mol. The van der Waals surface area contributed by atoms with Gasteiger partial charge in [-0.2, -0.15) is 0 Å². The SMILES string of the molecule is C=C1N(CCCC)c2cccc(CO)c2C1(C)C. The van der Waals surface area contributed by atoms with Crippen molar-refractivity contribution in [3.8, 4) is 0 Å². The highest BCUT2D eigenvalue weighted by Crippen LogP contribution is 2.48. The van der Waals surface area contributed by atoms with E-state index in [0.29, 0.717) is 0 Å². The number of aliphatic hydroxyl groups excluding tert-OH is 1. The third-order valence-electron chi connectivity index (χ3n) is 4.00. The number of benzene rings is 1. The van der Waals surface area contributed by atoms with Crippen LogP contribution < -0.4 is 4.90 Å². The molecule has 18 heavy (non-hydrogen) atoms. The van der Waals surface area contributed by atoms with Gasteiger partial charge in [-0.15, -0.1) is 0 Å². The van der Waals surface area contributed by atoms with Gasteiger partial charge in [-0.05, 0) is 23.6 Å². The minimum absolute atomic E-state index is 0.0810. The topological polar surface area (TPSA) is 23.5 Å². The van der Waals surface area contributed by atoms with E-state index in [1.165, 1.54) is 17.7 Å². The van der Waals surface area contributed by atoms with Crippen molar-refractivity contribution in [2.45, 2.75) is 45.6 Å². The molecule has 2 heteroatoms. The molecule has 0 aromatic heterocycles. The molecule has 0 spiro atoms. The van der Waals surface area contributed by atoms with E-state index in [2.05, 4.69) is 38.3 Å². The summed E-state index contributed by atoms with van der Waals surface area (Å²) in [5.41, 5.74) is 4.56. The predicted molar refractivity (Wildman–Crippen MR) is 76.8 cm³/mol. The van der Waals surface area contributed by atoms with E-state index in [0.717, 1.165) is 24.2 Å². The van der Waals surface area contributed by atoms with Crippen LogP contribution in [0, 0.1) is 0 Å². The van der Waals surface area contributed by atoms with Gasteiger partial charge in [0.05, 0.1) is 6.61 Å². The molecule has 1 aromatic rings. The Morgan fingerprint density at radius 1 is 1.33 bits per heavy atom. The average Bonchev–Trinajstić information content (AvgIpc) is 2.56. The normalized spacial score (nSPS) is 17.1. The number of hydrogen-bond donors (Lipinski definition) is 1. The zero-order chi connectivity index (χ0) is 13.3.